The Morgan fingerprint density at radius 3 is 2.36 bits per heavy atom. The lowest BCUT2D eigenvalue weighted by Gasteiger charge is -2.16. The Bertz CT molecular complexity index is 928. The predicted octanol–water partition coefficient (Wildman–Crippen LogP) is 3.99. The molecule has 28 heavy (non-hydrogen) atoms. The van der Waals surface area contributed by atoms with Gasteiger partial charge in [0.15, 0.2) is 6.10 Å². The van der Waals surface area contributed by atoms with E-state index in [2.05, 4.69) is 10.0 Å². The van der Waals surface area contributed by atoms with Crippen LogP contribution in [0.1, 0.15) is 26.3 Å². The summed E-state index contributed by atoms with van der Waals surface area (Å²) in [6.45, 7) is 8.01. The van der Waals surface area contributed by atoms with Gasteiger partial charge in [0.2, 0.25) is 0 Å². The molecule has 2 aromatic carbocycles. The van der Waals surface area contributed by atoms with Crippen molar-refractivity contribution in [3.63, 3.8) is 0 Å². The van der Waals surface area contributed by atoms with E-state index in [1.165, 1.54) is 24.3 Å². The van der Waals surface area contributed by atoms with Crippen molar-refractivity contribution in [1.29, 1.82) is 0 Å². The first kappa shape index (κ1) is 22.0. The molecule has 2 aromatic rings. The molecule has 6 nitrogen and oxygen atoms in total. The molecule has 1 amide bonds. The number of rotatable bonds is 8. The van der Waals surface area contributed by atoms with Crippen LogP contribution in [-0.2, 0) is 14.8 Å². The van der Waals surface area contributed by atoms with Crippen molar-refractivity contribution in [3.8, 4) is 5.75 Å². The minimum atomic E-state index is -3.78. The summed E-state index contributed by atoms with van der Waals surface area (Å²) in [5.41, 5.74) is 1.18. The highest BCUT2D eigenvalue weighted by Gasteiger charge is 2.18. The second-order valence-corrected chi connectivity index (χ2v) is 9.05. The molecule has 0 aliphatic heterocycles. The Kier molecular flexibility index (Phi) is 7.32. The van der Waals surface area contributed by atoms with Crippen molar-refractivity contribution in [2.45, 2.75) is 38.7 Å². The number of benzene rings is 2. The quantitative estimate of drug-likeness (QED) is 0.671. The molecule has 152 valence electrons. The standard InChI is InChI=1S/C20H25ClN2O4S/c1-13(2)12-22-20(24)15(4)27-17-7-9-18(10-8-17)28(25,26)23-19-11-16(21)6-5-14(19)3/h5-11,13,15,23H,12H2,1-4H3,(H,22,24)/t15-/m0/s1. The number of ether oxygens (including phenoxy) is 1. The van der Waals surface area contributed by atoms with Gasteiger partial charge in [0.1, 0.15) is 5.75 Å². The molecule has 0 saturated carbocycles. The van der Waals surface area contributed by atoms with Crippen LogP contribution in [0.25, 0.3) is 0 Å². The Labute approximate surface area is 171 Å². The molecule has 0 saturated heterocycles. The monoisotopic (exact) mass is 424 g/mol. The zero-order valence-corrected chi connectivity index (χ0v) is 17.9. The van der Waals surface area contributed by atoms with E-state index in [1.54, 1.807) is 32.0 Å². The largest absolute Gasteiger partial charge is 0.481 e. The summed E-state index contributed by atoms with van der Waals surface area (Å²) in [6, 6.07) is 10.9. The highest BCUT2D eigenvalue weighted by atomic mass is 35.5. The van der Waals surface area contributed by atoms with Gasteiger partial charge in [-0.15, -0.1) is 0 Å². The van der Waals surface area contributed by atoms with E-state index in [-0.39, 0.29) is 10.8 Å². The topological polar surface area (TPSA) is 84.5 Å². The molecule has 1 atom stereocenters. The fraction of sp³-hybridized carbons (Fsp3) is 0.350. The third kappa shape index (κ3) is 6.14. The van der Waals surface area contributed by atoms with Gasteiger partial charge in [-0.05, 0) is 61.7 Å². The Morgan fingerprint density at radius 1 is 1.11 bits per heavy atom. The van der Waals surface area contributed by atoms with Gasteiger partial charge in [-0.2, -0.15) is 0 Å². The molecule has 0 fully saturated rings. The van der Waals surface area contributed by atoms with Gasteiger partial charge >= 0.3 is 0 Å². The predicted molar refractivity (Wildman–Crippen MR) is 111 cm³/mol. The lowest BCUT2D eigenvalue weighted by molar-refractivity contribution is -0.127. The van der Waals surface area contributed by atoms with Crippen LogP contribution in [0, 0.1) is 12.8 Å². The first-order valence-corrected chi connectivity index (χ1v) is 10.8. The number of hydrogen-bond donors (Lipinski definition) is 2. The Balaban J connectivity index is 2.06. The number of amides is 1. The van der Waals surface area contributed by atoms with Gasteiger partial charge in [-0.25, -0.2) is 8.42 Å². The number of carbonyl (C=O) groups excluding carboxylic acids is 1. The summed E-state index contributed by atoms with van der Waals surface area (Å²) < 4.78 is 33.3. The molecule has 8 heteroatoms. The van der Waals surface area contributed by atoms with Crippen molar-refractivity contribution in [2.75, 3.05) is 11.3 Å². The number of anilines is 1. The normalized spacial score (nSPS) is 12.5. The first-order valence-electron chi connectivity index (χ1n) is 8.92. The smallest absolute Gasteiger partial charge is 0.261 e. The van der Waals surface area contributed by atoms with E-state index < -0.39 is 16.1 Å². The second-order valence-electron chi connectivity index (χ2n) is 6.94. The number of carbonyl (C=O) groups is 1. The average molecular weight is 425 g/mol. The van der Waals surface area contributed by atoms with Crippen molar-refractivity contribution in [1.82, 2.24) is 5.32 Å². The lowest BCUT2D eigenvalue weighted by atomic mass is 10.2. The molecule has 0 aliphatic rings. The minimum absolute atomic E-state index is 0.0798. The third-order valence-corrected chi connectivity index (χ3v) is 5.56. The zero-order valence-electron chi connectivity index (χ0n) is 16.3. The van der Waals surface area contributed by atoms with E-state index >= 15 is 0 Å². The molecule has 0 aromatic heterocycles. The Hall–Kier alpha value is -2.25. The van der Waals surface area contributed by atoms with Crippen LogP contribution in [0.2, 0.25) is 5.02 Å². The van der Waals surface area contributed by atoms with Crippen LogP contribution in [0.4, 0.5) is 5.69 Å². The van der Waals surface area contributed by atoms with Crippen molar-refractivity contribution in [3.05, 3.63) is 53.1 Å². The molecule has 0 aliphatic carbocycles. The maximum absolute atomic E-state index is 12.6. The summed E-state index contributed by atoms with van der Waals surface area (Å²) >= 11 is 5.94. The lowest BCUT2D eigenvalue weighted by Crippen LogP contribution is -2.38. The SMILES string of the molecule is Cc1ccc(Cl)cc1NS(=O)(=O)c1ccc(O[C@@H](C)C(=O)NCC(C)C)cc1. The van der Waals surface area contributed by atoms with Crippen LogP contribution in [0.3, 0.4) is 0 Å². The molecule has 0 unspecified atom stereocenters. The van der Waals surface area contributed by atoms with Crippen LogP contribution in [-0.4, -0.2) is 27.0 Å². The summed E-state index contributed by atoms with van der Waals surface area (Å²) in [4.78, 5) is 12.1. The first-order chi connectivity index (χ1) is 13.1. The van der Waals surface area contributed by atoms with Crippen LogP contribution >= 0.6 is 11.6 Å². The molecule has 0 bridgehead atoms. The molecular weight excluding hydrogens is 400 g/mol. The average Bonchev–Trinajstić information content (AvgIpc) is 2.63. The highest BCUT2D eigenvalue weighted by Crippen LogP contribution is 2.24. The second kappa shape index (κ2) is 9.30. The maximum atomic E-state index is 12.6. The fourth-order valence-electron chi connectivity index (χ4n) is 2.31. The number of aryl methyl sites for hydroxylation is 1. The van der Waals surface area contributed by atoms with Gasteiger partial charge in [-0.1, -0.05) is 31.5 Å². The molecular formula is C20H25ClN2O4S. The maximum Gasteiger partial charge on any atom is 0.261 e. The fourth-order valence-corrected chi connectivity index (χ4v) is 3.61. The van der Waals surface area contributed by atoms with E-state index in [0.717, 1.165) is 5.56 Å². The van der Waals surface area contributed by atoms with Gasteiger partial charge in [-0.3, -0.25) is 9.52 Å². The zero-order chi connectivity index (χ0) is 20.9. The van der Waals surface area contributed by atoms with Gasteiger partial charge in [0, 0.05) is 11.6 Å². The summed E-state index contributed by atoms with van der Waals surface area (Å²) in [5, 5.41) is 3.24. The summed E-state index contributed by atoms with van der Waals surface area (Å²) in [6.07, 6.45) is -0.687. The number of sulfonamides is 1. The van der Waals surface area contributed by atoms with E-state index in [0.29, 0.717) is 28.9 Å². The van der Waals surface area contributed by atoms with Crippen LogP contribution in [0.15, 0.2) is 47.4 Å². The molecule has 2 rings (SSSR count). The summed E-state index contributed by atoms with van der Waals surface area (Å²) in [7, 11) is -3.78. The molecule has 0 radical (unpaired) electrons. The number of hydrogen-bond acceptors (Lipinski definition) is 4. The van der Waals surface area contributed by atoms with E-state index in [9.17, 15) is 13.2 Å². The molecule has 0 heterocycles. The van der Waals surface area contributed by atoms with E-state index in [4.69, 9.17) is 16.3 Å². The Morgan fingerprint density at radius 2 is 1.75 bits per heavy atom. The van der Waals surface area contributed by atoms with Crippen molar-refractivity contribution in [2.24, 2.45) is 5.92 Å². The minimum Gasteiger partial charge on any atom is -0.481 e. The molecule has 0 spiro atoms. The summed E-state index contributed by atoms with van der Waals surface area (Å²) in [5.74, 6) is 0.532. The van der Waals surface area contributed by atoms with Crippen LogP contribution < -0.4 is 14.8 Å². The third-order valence-electron chi connectivity index (χ3n) is 3.94. The van der Waals surface area contributed by atoms with Crippen molar-refractivity contribution < 1.29 is 17.9 Å². The van der Waals surface area contributed by atoms with Crippen molar-refractivity contribution >= 4 is 33.2 Å². The highest BCUT2D eigenvalue weighted by molar-refractivity contribution is 7.92. The molecule has 2 N–H and O–H groups in total. The number of halogens is 1. The van der Waals surface area contributed by atoms with Gasteiger partial charge < -0.3 is 10.1 Å². The van der Waals surface area contributed by atoms with E-state index in [1.807, 2.05) is 13.8 Å². The van der Waals surface area contributed by atoms with Crippen LogP contribution in [0.5, 0.6) is 5.75 Å². The number of nitrogens with one attached hydrogen (secondary N) is 2. The van der Waals surface area contributed by atoms with Gasteiger partial charge in [0.25, 0.3) is 15.9 Å². The van der Waals surface area contributed by atoms with Gasteiger partial charge in [0.05, 0.1) is 10.6 Å².